The fourth-order valence-corrected chi connectivity index (χ4v) is 5.93. The van der Waals surface area contributed by atoms with Crippen LogP contribution < -0.4 is 10.9 Å². The second-order valence-corrected chi connectivity index (χ2v) is 9.88. The average Bonchev–Trinajstić information content (AvgIpc) is 3.32. The van der Waals surface area contributed by atoms with Crippen molar-refractivity contribution in [3.8, 4) is 0 Å². The number of hydrogen-bond acceptors (Lipinski definition) is 5. The van der Waals surface area contributed by atoms with Gasteiger partial charge in [0.15, 0.2) is 5.82 Å². The number of benzene rings is 1. The molecular weight excluding hydrogens is 492 g/mol. The number of amides is 2. The predicted octanol–water partition coefficient (Wildman–Crippen LogP) is 3.56. The van der Waals surface area contributed by atoms with Gasteiger partial charge < -0.3 is 9.47 Å². The first kappa shape index (κ1) is 25.4. The number of nitrogens with one attached hydrogen (secondary N) is 2. The van der Waals surface area contributed by atoms with Gasteiger partial charge in [-0.05, 0) is 49.3 Å². The Bertz CT molecular complexity index is 1210. The standard InChI is InChI=1S/C25H28F4N6O2/c1-2-5-20-21-31-33-24(25(27,28)29)35(21)11-10-34(20)23(37)17-12-14(8-9-18(17)26)13-19-15-6-3-4-7-16(15)22(36)32-30-19/h2,8-9,12,15-16,19-20,30H,1,3-7,10-11,13H2,(H,32,36). The van der Waals surface area contributed by atoms with E-state index < -0.39 is 29.8 Å². The lowest BCUT2D eigenvalue weighted by atomic mass is 9.72. The Kier molecular flexibility index (Phi) is 6.78. The van der Waals surface area contributed by atoms with Gasteiger partial charge in [0.1, 0.15) is 5.82 Å². The van der Waals surface area contributed by atoms with Gasteiger partial charge in [0.05, 0.1) is 11.6 Å². The number of alkyl halides is 3. The Morgan fingerprint density at radius 1 is 1.19 bits per heavy atom. The number of halogens is 4. The van der Waals surface area contributed by atoms with Crippen LogP contribution >= 0.6 is 0 Å². The largest absolute Gasteiger partial charge is 0.451 e. The van der Waals surface area contributed by atoms with Gasteiger partial charge in [0.2, 0.25) is 11.7 Å². The molecule has 3 heterocycles. The Morgan fingerprint density at radius 2 is 1.97 bits per heavy atom. The zero-order valence-electron chi connectivity index (χ0n) is 20.1. The number of aromatic nitrogens is 3. The number of hydrogen-bond donors (Lipinski definition) is 2. The number of hydrazine groups is 1. The van der Waals surface area contributed by atoms with E-state index in [9.17, 15) is 27.2 Å². The van der Waals surface area contributed by atoms with Gasteiger partial charge in [-0.15, -0.1) is 16.8 Å². The highest BCUT2D eigenvalue weighted by molar-refractivity contribution is 5.95. The first-order valence-electron chi connectivity index (χ1n) is 12.4. The molecule has 4 atom stereocenters. The van der Waals surface area contributed by atoms with Gasteiger partial charge in [0, 0.05) is 25.0 Å². The van der Waals surface area contributed by atoms with Crippen molar-refractivity contribution in [1.82, 2.24) is 30.5 Å². The molecule has 2 N–H and O–H groups in total. The summed E-state index contributed by atoms with van der Waals surface area (Å²) in [5.41, 5.74) is 6.40. The SMILES string of the molecule is C=CCC1c2nnc(C(F)(F)F)n2CCN1C(=O)c1cc(CC2NNC(=O)C3CCCCC23)ccc1F. The molecule has 12 heteroatoms. The average molecular weight is 521 g/mol. The Hall–Kier alpha value is -3.28. The van der Waals surface area contributed by atoms with Crippen molar-refractivity contribution in [1.29, 1.82) is 0 Å². The molecule has 37 heavy (non-hydrogen) atoms. The topological polar surface area (TPSA) is 92.2 Å². The molecule has 1 aromatic carbocycles. The molecular formula is C25H28F4N6O2. The first-order chi connectivity index (χ1) is 17.7. The van der Waals surface area contributed by atoms with Crippen LogP contribution in [0.1, 0.15) is 65.7 Å². The summed E-state index contributed by atoms with van der Waals surface area (Å²) >= 11 is 0. The lowest BCUT2D eigenvalue weighted by Crippen LogP contribution is -2.60. The van der Waals surface area contributed by atoms with E-state index in [-0.39, 0.29) is 54.7 Å². The molecule has 198 valence electrons. The van der Waals surface area contributed by atoms with Gasteiger partial charge in [0.25, 0.3) is 5.91 Å². The molecule has 1 saturated heterocycles. The normalized spacial score (nSPS) is 25.7. The molecule has 1 aromatic heterocycles. The van der Waals surface area contributed by atoms with Crippen LogP contribution in [0.4, 0.5) is 17.6 Å². The molecule has 2 aliphatic heterocycles. The van der Waals surface area contributed by atoms with Crippen LogP contribution in [-0.4, -0.2) is 44.1 Å². The van der Waals surface area contributed by atoms with Crippen molar-refractivity contribution in [2.24, 2.45) is 11.8 Å². The van der Waals surface area contributed by atoms with Crippen LogP contribution in [0.25, 0.3) is 0 Å². The molecule has 2 amide bonds. The summed E-state index contributed by atoms with van der Waals surface area (Å²) in [6.07, 6.45) is 1.23. The molecule has 8 nitrogen and oxygen atoms in total. The van der Waals surface area contributed by atoms with Crippen molar-refractivity contribution in [3.05, 3.63) is 59.4 Å². The van der Waals surface area contributed by atoms with Gasteiger partial charge in [-0.2, -0.15) is 13.2 Å². The number of carbonyl (C=O) groups excluding carboxylic acids is 2. The van der Waals surface area contributed by atoms with Gasteiger partial charge >= 0.3 is 6.18 Å². The van der Waals surface area contributed by atoms with Crippen molar-refractivity contribution >= 4 is 11.8 Å². The molecule has 2 fully saturated rings. The number of rotatable bonds is 5. The summed E-state index contributed by atoms with van der Waals surface area (Å²) in [7, 11) is 0. The Labute approximate surface area is 211 Å². The van der Waals surface area contributed by atoms with E-state index in [0.717, 1.165) is 35.8 Å². The zero-order valence-corrected chi connectivity index (χ0v) is 20.1. The van der Waals surface area contributed by atoms with E-state index in [1.807, 2.05) is 0 Å². The molecule has 5 rings (SSSR count). The van der Waals surface area contributed by atoms with Crippen molar-refractivity contribution in [2.45, 2.75) is 63.3 Å². The van der Waals surface area contributed by atoms with E-state index in [0.29, 0.717) is 6.42 Å². The third-order valence-corrected chi connectivity index (χ3v) is 7.69. The summed E-state index contributed by atoms with van der Waals surface area (Å²) in [5.74, 6) is -2.38. The summed E-state index contributed by atoms with van der Waals surface area (Å²) in [6, 6.07) is 3.44. The minimum Gasteiger partial charge on any atom is -0.326 e. The summed E-state index contributed by atoms with van der Waals surface area (Å²) in [4.78, 5) is 27.1. The predicted molar refractivity (Wildman–Crippen MR) is 124 cm³/mol. The molecule has 3 aliphatic rings. The Morgan fingerprint density at radius 3 is 2.73 bits per heavy atom. The van der Waals surface area contributed by atoms with E-state index >= 15 is 0 Å². The van der Waals surface area contributed by atoms with Gasteiger partial charge in [-0.3, -0.25) is 15.0 Å². The molecule has 1 saturated carbocycles. The van der Waals surface area contributed by atoms with E-state index in [2.05, 4.69) is 27.6 Å². The summed E-state index contributed by atoms with van der Waals surface area (Å²) < 4.78 is 56.0. The highest BCUT2D eigenvalue weighted by atomic mass is 19.4. The van der Waals surface area contributed by atoms with Crippen LogP contribution in [0.5, 0.6) is 0 Å². The second-order valence-electron chi connectivity index (χ2n) is 9.88. The highest BCUT2D eigenvalue weighted by Crippen LogP contribution is 2.37. The third kappa shape index (κ3) is 4.74. The lowest BCUT2D eigenvalue weighted by Gasteiger charge is -2.41. The smallest absolute Gasteiger partial charge is 0.326 e. The van der Waals surface area contributed by atoms with Crippen LogP contribution in [0.15, 0.2) is 30.9 Å². The molecule has 0 bridgehead atoms. The molecule has 2 aromatic rings. The van der Waals surface area contributed by atoms with Crippen LogP contribution in [-0.2, 0) is 23.9 Å². The minimum absolute atomic E-state index is 0.00388. The lowest BCUT2D eigenvalue weighted by molar-refractivity contribution is -0.148. The van der Waals surface area contributed by atoms with Crippen molar-refractivity contribution in [2.75, 3.05) is 6.54 Å². The van der Waals surface area contributed by atoms with Crippen molar-refractivity contribution in [3.63, 3.8) is 0 Å². The third-order valence-electron chi connectivity index (χ3n) is 7.69. The minimum atomic E-state index is -4.68. The number of fused-ring (bicyclic) bond motifs is 2. The molecule has 0 radical (unpaired) electrons. The van der Waals surface area contributed by atoms with Crippen LogP contribution in [0, 0.1) is 17.7 Å². The monoisotopic (exact) mass is 520 g/mol. The molecule has 4 unspecified atom stereocenters. The summed E-state index contributed by atoms with van der Waals surface area (Å²) in [5, 5.41) is 7.03. The van der Waals surface area contributed by atoms with E-state index in [1.54, 1.807) is 6.07 Å². The maximum atomic E-state index is 14.9. The van der Waals surface area contributed by atoms with Crippen LogP contribution in [0.2, 0.25) is 0 Å². The fraction of sp³-hybridized carbons (Fsp3) is 0.520. The van der Waals surface area contributed by atoms with Gasteiger partial charge in [-0.1, -0.05) is 25.0 Å². The number of carbonyl (C=O) groups is 2. The zero-order chi connectivity index (χ0) is 26.3. The van der Waals surface area contributed by atoms with Crippen molar-refractivity contribution < 1.29 is 27.2 Å². The maximum absolute atomic E-state index is 14.9. The van der Waals surface area contributed by atoms with E-state index in [1.165, 1.54) is 23.1 Å². The summed E-state index contributed by atoms with van der Waals surface area (Å²) in [6.45, 7) is 3.44. The quantitative estimate of drug-likeness (QED) is 0.465. The maximum Gasteiger partial charge on any atom is 0.451 e. The number of nitrogens with zero attached hydrogens (tertiary/aromatic N) is 4. The Balaban J connectivity index is 1.40. The van der Waals surface area contributed by atoms with Gasteiger partial charge in [-0.25, -0.2) is 9.82 Å². The highest BCUT2D eigenvalue weighted by Gasteiger charge is 2.43. The second kappa shape index (κ2) is 9.88. The first-order valence-corrected chi connectivity index (χ1v) is 12.4. The van der Waals surface area contributed by atoms with Crippen LogP contribution in [0.3, 0.4) is 0 Å². The fourth-order valence-electron chi connectivity index (χ4n) is 5.93. The molecule has 1 aliphatic carbocycles. The molecule has 0 spiro atoms. The van der Waals surface area contributed by atoms with E-state index in [4.69, 9.17) is 0 Å².